The Bertz CT molecular complexity index is 1110. The molecule has 0 aromatic heterocycles. The number of esters is 2. The second kappa shape index (κ2) is 30.7. The lowest BCUT2D eigenvalue weighted by Gasteiger charge is -2.20. The number of carbonyl (C=O) groups is 2. The highest BCUT2D eigenvalue weighted by molar-refractivity contribution is 7.50. The van der Waals surface area contributed by atoms with E-state index in [0.717, 1.165) is 44.1 Å². The number of hydrogen-bond donors (Lipinski definition) is 6. The molecule has 0 bridgehead atoms. The van der Waals surface area contributed by atoms with Crippen LogP contribution in [0.15, 0.2) is 30.3 Å². The van der Waals surface area contributed by atoms with Gasteiger partial charge in [-0.05, 0) is 31.7 Å². The number of hydrogen-bond acceptors (Lipinski definition) is 10. The average Bonchev–Trinajstić information content (AvgIpc) is 3.07. The highest BCUT2D eigenvalue weighted by Crippen LogP contribution is 2.38. The van der Waals surface area contributed by atoms with Crippen molar-refractivity contribution in [1.29, 1.82) is 0 Å². The Morgan fingerprint density at radius 2 is 1.06 bits per heavy atom. The minimum Gasteiger partial charge on any atom is -0.463 e. The lowest BCUT2D eigenvalue weighted by atomic mass is 10.1. The van der Waals surface area contributed by atoms with Gasteiger partial charge in [0.1, 0.15) is 25.4 Å². The summed E-state index contributed by atoms with van der Waals surface area (Å²) < 4.78 is 41.4. The van der Waals surface area contributed by atoms with Crippen LogP contribution in [0, 0.1) is 0 Å². The Kier molecular flexibility index (Phi) is 29.7. The van der Waals surface area contributed by atoms with Gasteiger partial charge in [0.05, 0.1) is 13.2 Å². The molecule has 0 fully saturated rings. The Morgan fingerprint density at radius 1 is 0.647 bits per heavy atom. The molecule has 0 amide bonds. The summed E-state index contributed by atoms with van der Waals surface area (Å²) in [5.41, 5.74) is 1.03. The van der Waals surface area contributed by atoms with Gasteiger partial charge in [-0.3, -0.25) is 18.6 Å². The van der Waals surface area contributed by atoms with Crippen LogP contribution in [0.1, 0.15) is 129 Å². The van der Waals surface area contributed by atoms with Gasteiger partial charge in [-0.15, -0.1) is 0 Å². The van der Waals surface area contributed by atoms with E-state index in [-0.39, 0.29) is 25.2 Å². The molecule has 4 unspecified atom stereocenters. The number of carbonyl (C=O) groups excluding carboxylic acids is 2. The van der Waals surface area contributed by atoms with Gasteiger partial charge in [-0.2, -0.15) is 0 Å². The second-order valence-corrected chi connectivity index (χ2v) is 15.5. The fourth-order valence-corrected chi connectivity index (χ4v) is 6.23. The van der Waals surface area contributed by atoms with Gasteiger partial charge in [0.2, 0.25) is 0 Å². The quantitative estimate of drug-likeness (QED) is 0.0279. The minimum atomic E-state index is -4.60. The van der Waals surface area contributed by atoms with E-state index in [4.69, 9.17) is 23.8 Å². The standard InChI is InChI=1S/C22H38NO6P.C13H27O7P/c1-3-4-5-6-7-8-12-15-22(25)28-17-21(24)18-29-30(26,27)23-19(2)16-20-13-10-9-11-14-20;1-2-3-4-5-6-7-8-9-13(15)19-10-12(14)11-20-21(16,17)18/h9-11,13-14,19,21,24H,3-8,12,15-18H2,1-2H3,(H2,23,26,27);12,14H,2-11H2,1H3,(H2,16,17,18). The summed E-state index contributed by atoms with van der Waals surface area (Å²) in [6, 6.07) is 9.30. The molecule has 1 aromatic carbocycles. The van der Waals surface area contributed by atoms with Crippen molar-refractivity contribution < 1.29 is 62.1 Å². The van der Waals surface area contributed by atoms with E-state index < -0.39 is 47.0 Å². The van der Waals surface area contributed by atoms with Gasteiger partial charge >= 0.3 is 27.5 Å². The van der Waals surface area contributed by atoms with Crippen molar-refractivity contribution in [2.45, 2.75) is 148 Å². The lowest BCUT2D eigenvalue weighted by molar-refractivity contribution is -0.148. The van der Waals surface area contributed by atoms with Crippen molar-refractivity contribution in [2.24, 2.45) is 0 Å². The molecule has 0 spiro atoms. The van der Waals surface area contributed by atoms with Crippen LogP contribution >= 0.6 is 15.6 Å². The molecular weight excluding hydrogens is 704 g/mol. The van der Waals surface area contributed by atoms with Crippen LogP contribution in [-0.4, -0.2) is 81.5 Å². The first kappa shape index (κ1) is 49.3. The number of benzene rings is 1. The van der Waals surface area contributed by atoms with Crippen LogP contribution < -0.4 is 5.09 Å². The number of aliphatic hydroxyl groups is 2. The number of phosphoric acid groups is 1. The molecular formula is C35H65NO13P2. The van der Waals surface area contributed by atoms with E-state index in [0.29, 0.717) is 19.3 Å². The van der Waals surface area contributed by atoms with Gasteiger partial charge < -0.3 is 34.4 Å². The summed E-state index contributed by atoms with van der Waals surface area (Å²) in [6.45, 7) is 4.57. The SMILES string of the molecule is CCCCCCCCCC(=O)OCC(O)COP(=O)(O)NC(C)Cc1ccccc1.CCCCCCCCCC(=O)OCC(O)COP(=O)(O)O. The first-order chi connectivity index (χ1) is 24.2. The van der Waals surface area contributed by atoms with Gasteiger partial charge in [0.15, 0.2) is 0 Å². The Morgan fingerprint density at radius 3 is 1.49 bits per heavy atom. The Labute approximate surface area is 304 Å². The number of phosphoric ester groups is 1. The van der Waals surface area contributed by atoms with Crippen molar-refractivity contribution in [1.82, 2.24) is 5.09 Å². The molecule has 14 nitrogen and oxygen atoms in total. The van der Waals surface area contributed by atoms with Crippen LogP contribution in [0.4, 0.5) is 0 Å². The van der Waals surface area contributed by atoms with Crippen LogP contribution in [0.3, 0.4) is 0 Å². The molecule has 0 aliphatic rings. The molecule has 0 aliphatic heterocycles. The van der Waals surface area contributed by atoms with Crippen LogP contribution in [0.2, 0.25) is 0 Å². The zero-order valence-corrected chi connectivity index (χ0v) is 32.7. The Hall–Kier alpha value is -1.70. The van der Waals surface area contributed by atoms with Crippen molar-refractivity contribution in [3.05, 3.63) is 35.9 Å². The molecule has 0 aliphatic carbocycles. The van der Waals surface area contributed by atoms with E-state index >= 15 is 0 Å². The minimum absolute atomic E-state index is 0.255. The number of unbranched alkanes of at least 4 members (excludes halogenated alkanes) is 12. The number of nitrogens with one attached hydrogen (secondary N) is 1. The maximum Gasteiger partial charge on any atom is 0.469 e. The zero-order chi connectivity index (χ0) is 38.4. The molecule has 0 saturated carbocycles. The summed E-state index contributed by atoms with van der Waals surface area (Å²) in [5.74, 6) is -0.789. The van der Waals surface area contributed by atoms with Gasteiger partial charge in [-0.25, -0.2) is 14.2 Å². The molecule has 298 valence electrons. The lowest BCUT2D eigenvalue weighted by Crippen LogP contribution is -2.29. The molecule has 4 atom stereocenters. The number of rotatable bonds is 30. The summed E-state index contributed by atoms with van der Waals surface area (Å²) >= 11 is 0. The van der Waals surface area contributed by atoms with Crippen molar-refractivity contribution in [3.8, 4) is 0 Å². The predicted octanol–water partition coefficient (Wildman–Crippen LogP) is 6.51. The summed E-state index contributed by atoms with van der Waals surface area (Å²) in [5, 5.41) is 21.7. The molecule has 6 N–H and O–H groups in total. The van der Waals surface area contributed by atoms with Crippen molar-refractivity contribution in [2.75, 3.05) is 26.4 Å². The van der Waals surface area contributed by atoms with E-state index in [1.54, 1.807) is 6.92 Å². The van der Waals surface area contributed by atoms with Crippen molar-refractivity contribution in [3.63, 3.8) is 0 Å². The molecule has 0 saturated heterocycles. The van der Waals surface area contributed by atoms with Crippen molar-refractivity contribution >= 4 is 27.5 Å². The van der Waals surface area contributed by atoms with E-state index in [1.807, 2.05) is 30.3 Å². The number of aliphatic hydroxyl groups excluding tert-OH is 2. The fourth-order valence-electron chi connectivity index (χ4n) is 4.77. The fraction of sp³-hybridized carbons (Fsp3) is 0.771. The van der Waals surface area contributed by atoms with E-state index in [2.05, 4.69) is 23.5 Å². The third kappa shape index (κ3) is 33.9. The molecule has 0 heterocycles. The van der Waals surface area contributed by atoms with E-state index in [9.17, 15) is 33.8 Å². The molecule has 0 radical (unpaired) electrons. The summed E-state index contributed by atoms with van der Waals surface area (Å²) in [7, 11) is -8.67. The smallest absolute Gasteiger partial charge is 0.463 e. The largest absolute Gasteiger partial charge is 0.469 e. The van der Waals surface area contributed by atoms with E-state index in [1.165, 1.54) is 51.4 Å². The van der Waals surface area contributed by atoms with Crippen LogP contribution in [0.25, 0.3) is 0 Å². The maximum atomic E-state index is 12.1. The molecule has 1 aromatic rings. The molecule has 16 heteroatoms. The highest BCUT2D eigenvalue weighted by Gasteiger charge is 2.24. The second-order valence-electron chi connectivity index (χ2n) is 12.7. The summed E-state index contributed by atoms with van der Waals surface area (Å²) in [6.07, 6.45) is 14.2. The average molecular weight is 770 g/mol. The number of ether oxygens (including phenoxy) is 2. The topological polar surface area (TPSA) is 218 Å². The monoisotopic (exact) mass is 769 g/mol. The predicted molar refractivity (Wildman–Crippen MR) is 196 cm³/mol. The molecule has 1 rings (SSSR count). The van der Waals surface area contributed by atoms with Gasteiger partial charge in [0.25, 0.3) is 0 Å². The zero-order valence-electron chi connectivity index (χ0n) is 30.9. The third-order valence-electron chi connectivity index (χ3n) is 7.49. The molecule has 51 heavy (non-hydrogen) atoms. The third-order valence-corrected chi connectivity index (χ3v) is 9.24. The van der Waals surface area contributed by atoms with Gasteiger partial charge in [0, 0.05) is 18.9 Å². The highest BCUT2D eigenvalue weighted by atomic mass is 31.2. The maximum absolute atomic E-state index is 12.1. The van der Waals surface area contributed by atoms with Crippen LogP contribution in [0.5, 0.6) is 0 Å². The normalized spacial score (nSPS) is 14.4. The van der Waals surface area contributed by atoms with Crippen LogP contribution in [-0.2, 0) is 43.7 Å². The Balaban J connectivity index is 0.00000105. The summed E-state index contributed by atoms with van der Waals surface area (Å²) in [4.78, 5) is 49.9. The first-order valence-corrected chi connectivity index (χ1v) is 21.4. The van der Waals surface area contributed by atoms with Gasteiger partial charge in [-0.1, -0.05) is 121 Å². The first-order valence-electron chi connectivity index (χ1n) is 18.3.